The number of amides is 1. The van der Waals surface area contributed by atoms with Crippen LogP contribution in [0.3, 0.4) is 0 Å². The lowest BCUT2D eigenvalue weighted by molar-refractivity contribution is -0.143. The first-order valence-corrected chi connectivity index (χ1v) is 9.24. The zero-order valence-electron chi connectivity index (χ0n) is 15.1. The summed E-state index contributed by atoms with van der Waals surface area (Å²) in [7, 11) is 0. The van der Waals surface area contributed by atoms with Crippen LogP contribution in [0.1, 0.15) is 44.9 Å². The second-order valence-electron chi connectivity index (χ2n) is 6.63. The first-order chi connectivity index (χ1) is 11.8. The minimum absolute atomic E-state index is 0.0309. The zero-order valence-corrected chi connectivity index (χ0v) is 15.9. The summed E-state index contributed by atoms with van der Waals surface area (Å²) in [6.45, 7) is 9.29. The lowest BCUT2D eigenvalue weighted by atomic mass is 9.93. The number of rotatable bonds is 3. The van der Waals surface area contributed by atoms with Crippen LogP contribution in [0.15, 0.2) is 40.5 Å². The molecule has 1 amide bonds. The number of thioether (sulfide) groups is 1. The SMILES string of the molecule is CC1=C(C(=O)OC(C)C)[C@H](c2ccc(C)cc2)N2C(=O)[C@H](C)SC2=N1. The van der Waals surface area contributed by atoms with Gasteiger partial charge >= 0.3 is 5.97 Å². The van der Waals surface area contributed by atoms with Gasteiger partial charge in [0.25, 0.3) is 0 Å². The Morgan fingerprint density at radius 2 is 1.88 bits per heavy atom. The van der Waals surface area contributed by atoms with Crippen molar-refractivity contribution in [3.63, 3.8) is 0 Å². The van der Waals surface area contributed by atoms with Crippen molar-refractivity contribution < 1.29 is 14.3 Å². The molecule has 0 radical (unpaired) electrons. The van der Waals surface area contributed by atoms with E-state index in [9.17, 15) is 9.59 Å². The molecule has 0 bridgehead atoms. The predicted molar refractivity (Wildman–Crippen MR) is 99.2 cm³/mol. The molecule has 5 nitrogen and oxygen atoms in total. The van der Waals surface area contributed by atoms with Crippen molar-refractivity contribution in [1.29, 1.82) is 0 Å². The zero-order chi connectivity index (χ0) is 18.3. The molecule has 1 aromatic carbocycles. The summed E-state index contributed by atoms with van der Waals surface area (Å²) in [5.74, 6) is -0.449. The minimum atomic E-state index is -0.496. The van der Waals surface area contributed by atoms with Gasteiger partial charge in [0, 0.05) is 0 Å². The van der Waals surface area contributed by atoms with Crippen LogP contribution in [0.25, 0.3) is 0 Å². The number of hydrogen-bond donors (Lipinski definition) is 0. The molecule has 2 atom stereocenters. The molecule has 1 aromatic rings. The van der Waals surface area contributed by atoms with E-state index < -0.39 is 12.0 Å². The summed E-state index contributed by atoms with van der Waals surface area (Å²) >= 11 is 1.43. The Morgan fingerprint density at radius 1 is 1.24 bits per heavy atom. The topological polar surface area (TPSA) is 59.0 Å². The van der Waals surface area contributed by atoms with E-state index in [2.05, 4.69) is 4.99 Å². The molecule has 2 aliphatic heterocycles. The smallest absolute Gasteiger partial charge is 0.338 e. The van der Waals surface area contributed by atoms with E-state index in [1.54, 1.807) is 11.8 Å². The Hall–Kier alpha value is -2.08. The van der Waals surface area contributed by atoms with Gasteiger partial charge in [-0.05, 0) is 40.2 Å². The number of amidine groups is 1. The van der Waals surface area contributed by atoms with Crippen LogP contribution in [-0.2, 0) is 14.3 Å². The molecule has 0 aromatic heterocycles. The molecule has 1 fully saturated rings. The van der Waals surface area contributed by atoms with Crippen LogP contribution in [0.5, 0.6) is 0 Å². The Kier molecular flexibility index (Phi) is 4.73. The van der Waals surface area contributed by atoms with E-state index in [0.29, 0.717) is 16.4 Å². The van der Waals surface area contributed by atoms with E-state index >= 15 is 0 Å². The van der Waals surface area contributed by atoms with E-state index in [1.807, 2.05) is 52.0 Å². The van der Waals surface area contributed by atoms with Gasteiger partial charge < -0.3 is 4.74 Å². The van der Waals surface area contributed by atoms with Crippen LogP contribution in [0, 0.1) is 6.92 Å². The average Bonchev–Trinajstić information content (AvgIpc) is 2.80. The van der Waals surface area contributed by atoms with Crippen molar-refractivity contribution in [3.8, 4) is 0 Å². The molecule has 0 spiro atoms. The number of hydrogen-bond acceptors (Lipinski definition) is 5. The molecule has 132 valence electrons. The fraction of sp³-hybridized carbons (Fsp3) is 0.421. The van der Waals surface area contributed by atoms with Gasteiger partial charge in [-0.1, -0.05) is 41.6 Å². The van der Waals surface area contributed by atoms with E-state index in [0.717, 1.165) is 11.1 Å². The van der Waals surface area contributed by atoms with Crippen LogP contribution in [0.2, 0.25) is 0 Å². The van der Waals surface area contributed by atoms with Gasteiger partial charge in [-0.3, -0.25) is 9.69 Å². The maximum absolute atomic E-state index is 12.8. The summed E-state index contributed by atoms with van der Waals surface area (Å²) in [5, 5.41) is 0.446. The molecule has 25 heavy (non-hydrogen) atoms. The van der Waals surface area contributed by atoms with Crippen LogP contribution in [-0.4, -0.2) is 33.3 Å². The number of nitrogens with zero attached hydrogens (tertiary/aromatic N) is 2. The maximum Gasteiger partial charge on any atom is 0.338 e. The molecule has 0 unspecified atom stereocenters. The van der Waals surface area contributed by atoms with Gasteiger partial charge in [0.15, 0.2) is 5.17 Å². The molecule has 6 heteroatoms. The second kappa shape index (κ2) is 6.67. The van der Waals surface area contributed by atoms with Gasteiger partial charge in [0.05, 0.1) is 28.7 Å². The predicted octanol–water partition coefficient (Wildman–Crippen LogP) is 3.60. The van der Waals surface area contributed by atoms with Gasteiger partial charge in [-0.2, -0.15) is 0 Å². The maximum atomic E-state index is 12.8. The average molecular weight is 358 g/mol. The number of allylic oxidation sites excluding steroid dienone is 1. The molecule has 2 heterocycles. The van der Waals surface area contributed by atoms with Crippen molar-refractivity contribution in [3.05, 3.63) is 46.7 Å². The third-order valence-corrected chi connectivity index (χ3v) is 5.27. The largest absolute Gasteiger partial charge is 0.459 e. The van der Waals surface area contributed by atoms with Crippen molar-refractivity contribution in [2.24, 2.45) is 4.99 Å². The number of benzene rings is 1. The molecule has 1 saturated heterocycles. The molecular weight excluding hydrogens is 336 g/mol. The molecule has 0 N–H and O–H groups in total. The number of carbonyl (C=O) groups excluding carboxylic acids is 2. The Balaban J connectivity index is 2.12. The molecule has 3 rings (SSSR count). The normalized spacial score (nSPS) is 23.0. The highest BCUT2D eigenvalue weighted by molar-refractivity contribution is 8.15. The number of fused-ring (bicyclic) bond motifs is 1. The Morgan fingerprint density at radius 3 is 2.48 bits per heavy atom. The monoisotopic (exact) mass is 358 g/mol. The third-order valence-electron chi connectivity index (χ3n) is 4.21. The quantitative estimate of drug-likeness (QED) is 0.775. The van der Waals surface area contributed by atoms with Gasteiger partial charge in [-0.25, -0.2) is 9.79 Å². The molecule has 0 aliphatic carbocycles. The minimum Gasteiger partial charge on any atom is -0.459 e. The fourth-order valence-electron chi connectivity index (χ4n) is 3.01. The number of ether oxygens (including phenoxy) is 1. The summed E-state index contributed by atoms with van der Waals surface area (Å²) in [6, 6.07) is 7.39. The number of aliphatic imine (C=N–C) groups is 1. The molecular formula is C19H22N2O3S. The highest BCUT2D eigenvalue weighted by atomic mass is 32.2. The number of esters is 1. The number of aryl methyl sites for hydroxylation is 1. The fourth-order valence-corrected chi connectivity index (χ4v) is 4.03. The summed E-state index contributed by atoms with van der Waals surface area (Å²) in [4.78, 5) is 31.6. The molecule has 2 aliphatic rings. The van der Waals surface area contributed by atoms with Crippen LogP contribution in [0.4, 0.5) is 0 Å². The van der Waals surface area contributed by atoms with Crippen LogP contribution < -0.4 is 0 Å². The Bertz CT molecular complexity index is 780. The first kappa shape index (κ1) is 17.7. The first-order valence-electron chi connectivity index (χ1n) is 8.36. The van der Waals surface area contributed by atoms with Gasteiger partial charge in [0.2, 0.25) is 5.91 Å². The highest BCUT2D eigenvalue weighted by Crippen LogP contribution is 2.43. The summed E-state index contributed by atoms with van der Waals surface area (Å²) in [6.07, 6.45) is -0.237. The van der Waals surface area contributed by atoms with E-state index in [4.69, 9.17) is 4.74 Å². The van der Waals surface area contributed by atoms with Crippen molar-refractivity contribution in [1.82, 2.24) is 4.90 Å². The summed E-state index contributed by atoms with van der Waals surface area (Å²) in [5.41, 5.74) is 3.05. The Labute approximate surface area is 152 Å². The standard InChI is InChI=1S/C19H22N2O3S/c1-10(2)24-18(23)15-12(4)20-19-21(17(22)13(5)25-19)16(15)14-8-6-11(3)7-9-14/h6-10,13,16H,1-5H3/t13-,16-/m0/s1. The highest BCUT2D eigenvalue weighted by Gasteiger charge is 2.46. The van der Waals surface area contributed by atoms with Gasteiger partial charge in [-0.15, -0.1) is 0 Å². The lowest BCUT2D eigenvalue weighted by Gasteiger charge is -2.33. The van der Waals surface area contributed by atoms with Crippen molar-refractivity contribution in [2.45, 2.75) is 52.0 Å². The van der Waals surface area contributed by atoms with Gasteiger partial charge in [0.1, 0.15) is 0 Å². The van der Waals surface area contributed by atoms with Crippen molar-refractivity contribution >= 4 is 28.8 Å². The third kappa shape index (κ3) is 3.23. The number of carbonyl (C=O) groups is 2. The molecule has 0 saturated carbocycles. The van der Waals surface area contributed by atoms with E-state index in [1.165, 1.54) is 11.8 Å². The summed E-state index contributed by atoms with van der Waals surface area (Å²) < 4.78 is 5.44. The van der Waals surface area contributed by atoms with E-state index in [-0.39, 0.29) is 17.3 Å². The van der Waals surface area contributed by atoms with Crippen LogP contribution >= 0.6 is 11.8 Å². The van der Waals surface area contributed by atoms with Crippen molar-refractivity contribution in [2.75, 3.05) is 0 Å². The second-order valence-corrected chi connectivity index (χ2v) is 7.94. The lowest BCUT2D eigenvalue weighted by Crippen LogP contribution is -2.40.